The first-order valence-corrected chi connectivity index (χ1v) is 10.4. The average molecular weight is 386 g/mol. The lowest BCUT2D eigenvalue weighted by atomic mass is 9.96. The molecule has 0 N–H and O–H groups in total. The largest absolute Gasteiger partial charge is 0.489 e. The molecule has 0 aromatic heterocycles. The Labute approximate surface area is 170 Å². The quantitative estimate of drug-likeness (QED) is 0.563. The smallest absolute Gasteiger partial charge is 0.123 e. The van der Waals surface area contributed by atoms with Gasteiger partial charge in [0, 0.05) is 16.4 Å². The normalized spacial score (nSPS) is 16.2. The van der Waals surface area contributed by atoms with Gasteiger partial charge in [0.1, 0.15) is 12.4 Å². The third-order valence-corrected chi connectivity index (χ3v) is 6.08. The van der Waals surface area contributed by atoms with Crippen LogP contribution >= 0.6 is 0 Å². The fourth-order valence-corrected chi connectivity index (χ4v) is 4.34. The summed E-state index contributed by atoms with van der Waals surface area (Å²) in [4.78, 5) is 0.806. The van der Waals surface area contributed by atoms with E-state index in [1.54, 1.807) is 0 Å². The van der Waals surface area contributed by atoms with E-state index in [1.165, 1.54) is 0 Å². The zero-order valence-corrected chi connectivity index (χ0v) is 16.5. The van der Waals surface area contributed by atoms with Gasteiger partial charge in [-0.2, -0.15) is 0 Å². The summed E-state index contributed by atoms with van der Waals surface area (Å²) in [7, 11) is -1.24. The van der Waals surface area contributed by atoms with Gasteiger partial charge in [-0.25, -0.2) is 0 Å². The van der Waals surface area contributed by atoms with Gasteiger partial charge in [0.15, 0.2) is 0 Å². The number of aryl methyl sites for hydroxylation is 1. The molecule has 1 saturated carbocycles. The predicted octanol–water partition coefficient (Wildman–Crippen LogP) is 5.46. The average Bonchev–Trinajstić information content (AvgIpc) is 3.23. The molecule has 3 aromatic rings. The van der Waals surface area contributed by atoms with Gasteiger partial charge in [-0.1, -0.05) is 66.2 Å². The maximum atomic E-state index is 13.2. The molecule has 3 aromatic carbocycles. The summed E-state index contributed by atoms with van der Waals surface area (Å²) in [5.41, 5.74) is 3.23. The molecule has 28 heavy (non-hydrogen) atoms. The van der Waals surface area contributed by atoms with Crippen molar-refractivity contribution in [1.82, 2.24) is 0 Å². The van der Waals surface area contributed by atoms with Crippen LogP contribution in [0.2, 0.25) is 0 Å². The minimum Gasteiger partial charge on any atom is -0.489 e. The molecule has 3 heteroatoms. The minimum absolute atomic E-state index is 0.495. The summed E-state index contributed by atoms with van der Waals surface area (Å²) in [6, 6.07) is 25.9. The van der Waals surface area contributed by atoms with Gasteiger partial charge in [0.05, 0.1) is 16.0 Å². The molecule has 2 nitrogen and oxygen atoms in total. The highest BCUT2D eigenvalue weighted by Gasteiger charge is 2.37. The Morgan fingerprint density at radius 1 is 0.821 bits per heavy atom. The molecule has 1 atom stereocenters. The highest BCUT2D eigenvalue weighted by molar-refractivity contribution is 7.88. The Kier molecular flexibility index (Phi) is 5.92. The second kappa shape index (κ2) is 8.74. The van der Waals surface area contributed by atoms with Crippen LogP contribution in [0.5, 0.6) is 5.75 Å². The van der Waals surface area contributed by atoms with Crippen molar-refractivity contribution in [3.63, 3.8) is 0 Å². The van der Waals surface area contributed by atoms with Crippen LogP contribution in [0, 0.1) is 37.4 Å². The Balaban J connectivity index is 1.55. The van der Waals surface area contributed by atoms with Gasteiger partial charge < -0.3 is 4.74 Å². The van der Waals surface area contributed by atoms with Crippen LogP contribution < -0.4 is 4.74 Å². The Morgan fingerprint density at radius 2 is 1.54 bits per heavy atom. The van der Waals surface area contributed by atoms with Crippen LogP contribution in [-0.2, 0) is 17.4 Å². The molecule has 0 unspecified atom stereocenters. The van der Waals surface area contributed by atoms with Crippen LogP contribution in [0.1, 0.15) is 16.7 Å². The number of rotatable bonds is 6. The number of hydrogen-bond acceptors (Lipinski definition) is 2. The van der Waals surface area contributed by atoms with E-state index in [9.17, 15) is 4.21 Å². The third kappa shape index (κ3) is 4.20. The van der Waals surface area contributed by atoms with Crippen molar-refractivity contribution in [2.24, 2.45) is 0 Å². The molecule has 0 bridgehead atoms. The molecule has 1 aliphatic carbocycles. The monoisotopic (exact) mass is 385 g/mol. The molecule has 1 aliphatic rings. The molecule has 0 heterocycles. The van der Waals surface area contributed by atoms with Crippen LogP contribution in [0.4, 0.5) is 0 Å². The van der Waals surface area contributed by atoms with Crippen LogP contribution in [0.25, 0.3) is 0 Å². The highest BCUT2D eigenvalue weighted by atomic mass is 32.2. The third-order valence-electron chi connectivity index (χ3n) is 4.63. The molecule has 0 aliphatic heterocycles. The summed E-state index contributed by atoms with van der Waals surface area (Å²) < 4.78 is 19.3. The van der Waals surface area contributed by atoms with Crippen molar-refractivity contribution in [3.8, 4) is 5.75 Å². The number of ether oxygens (including phenoxy) is 1. The zero-order valence-electron chi connectivity index (χ0n) is 15.7. The lowest BCUT2D eigenvalue weighted by Crippen LogP contribution is -2.13. The molecule has 1 fully saturated rings. The fourth-order valence-electron chi connectivity index (χ4n) is 3.13. The summed E-state index contributed by atoms with van der Waals surface area (Å²) >= 11 is 0. The molecular weight excluding hydrogens is 364 g/mol. The summed E-state index contributed by atoms with van der Waals surface area (Å²) in [5.74, 6) is 1.74. The SMILES string of the molecule is Cc1ccc([S@@](=O)[C]2[CH][CH][CH][C]2c2ccccc2OCc2ccccc2)cc1. The van der Waals surface area contributed by atoms with Crippen molar-refractivity contribution in [3.05, 3.63) is 126 Å². The summed E-state index contributed by atoms with van der Waals surface area (Å²) in [5, 5.41) is 0.805. The molecular formula is C25H21O2S. The number of hydrogen-bond donors (Lipinski definition) is 0. The predicted molar refractivity (Wildman–Crippen MR) is 113 cm³/mol. The van der Waals surface area contributed by atoms with Crippen molar-refractivity contribution in [2.45, 2.75) is 18.4 Å². The van der Waals surface area contributed by atoms with Crippen molar-refractivity contribution in [2.75, 3.05) is 0 Å². The Morgan fingerprint density at radius 3 is 2.32 bits per heavy atom. The first-order valence-electron chi connectivity index (χ1n) is 9.22. The topological polar surface area (TPSA) is 26.3 Å². The minimum atomic E-state index is -1.24. The van der Waals surface area contributed by atoms with Gasteiger partial charge in [-0.05, 0) is 49.9 Å². The van der Waals surface area contributed by atoms with Gasteiger partial charge in [0.2, 0.25) is 0 Å². The molecule has 5 radical (unpaired) electrons. The van der Waals surface area contributed by atoms with E-state index in [0.29, 0.717) is 6.61 Å². The van der Waals surface area contributed by atoms with E-state index >= 15 is 0 Å². The summed E-state index contributed by atoms with van der Waals surface area (Å²) in [6.07, 6.45) is 5.89. The number of para-hydroxylation sites is 1. The summed E-state index contributed by atoms with van der Waals surface area (Å²) in [6.45, 7) is 2.52. The lowest BCUT2D eigenvalue weighted by Gasteiger charge is -2.21. The van der Waals surface area contributed by atoms with E-state index in [1.807, 2.05) is 105 Å². The van der Waals surface area contributed by atoms with Crippen LogP contribution in [0.15, 0.2) is 83.8 Å². The van der Waals surface area contributed by atoms with Gasteiger partial charge >= 0.3 is 0 Å². The number of benzene rings is 3. The lowest BCUT2D eigenvalue weighted by molar-refractivity contribution is 0.304. The van der Waals surface area contributed by atoms with Gasteiger partial charge in [-0.3, -0.25) is 4.21 Å². The zero-order chi connectivity index (χ0) is 19.3. The Bertz CT molecular complexity index is 934. The second-order valence-electron chi connectivity index (χ2n) is 6.66. The van der Waals surface area contributed by atoms with Crippen LogP contribution in [-0.4, -0.2) is 4.21 Å². The van der Waals surface area contributed by atoms with E-state index in [2.05, 4.69) is 0 Å². The van der Waals surface area contributed by atoms with Crippen molar-refractivity contribution in [1.29, 1.82) is 0 Å². The van der Waals surface area contributed by atoms with E-state index in [4.69, 9.17) is 4.74 Å². The van der Waals surface area contributed by atoms with Crippen molar-refractivity contribution < 1.29 is 8.95 Å². The molecule has 0 amide bonds. The maximum absolute atomic E-state index is 13.2. The highest BCUT2D eigenvalue weighted by Crippen LogP contribution is 2.45. The maximum Gasteiger partial charge on any atom is 0.123 e. The van der Waals surface area contributed by atoms with E-state index in [-0.39, 0.29) is 0 Å². The molecule has 0 spiro atoms. The van der Waals surface area contributed by atoms with Crippen molar-refractivity contribution >= 4 is 10.8 Å². The second-order valence-corrected chi connectivity index (χ2v) is 8.10. The van der Waals surface area contributed by atoms with Gasteiger partial charge in [-0.15, -0.1) is 0 Å². The standard InChI is InChI=1S/C25H21O2S/c1-19-14-16-21(17-15-19)28(26)25-13-7-11-23(25)22-10-5-6-12-24(22)27-18-20-8-3-2-4-9-20/h2-17H,18H2,1H3/t28-/m1/s1. The van der Waals surface area contributed by atoms with E-state index in [0.717, 1.165) is 38.5 Å². The Hall–Kier alpha value is -2.39. The molecule has 4 rings (SSSR count). The molecule has 139 valence electrons. The first-order chi connectivity index (χ1) is 13.7. The van der Waals surface area contributed by atoms with Crippen LogP contribution in [0.3, 0.4) is 0 Å². The fraction of sp³-hybridized carbons (Fsp3) is 0.0800. The molecule has 0 saturated heterocycles. The first kappa shape index (κ1) is 18.9. The van der Waals surface area contributed by atoms with E-state index < -0.39 is 10.8 Å². The van der Waals surface area contributed by atoms with Gasteiger partial charge in [0.25, 0.3) is 0 Å².